The minimum atomic E-state index is -0.494. The van der Waals surface area contributed by atoms with E-state index in [1.165, 1.54) is 0 Å². The number of rotatable bonds is 3. The second-order valence-corrected chi connectivity index (χ2v) is 6.31. The molecule has 3 rings (SSSR count). The first-order valence-electron chi connectivity index (χ1n) is 6.31. The van der Waals surface area contributed by atoms with Crippen molar-refractivity contribution < 1.29 is 10.2 Å². The number of fused-ring (bicyclic) bond motifs is 1. The highest BCUT2D eigenvalue weighted by Gasteiger charge is 2.36. The maximum Gasteiger partial charge on any atom is 0.156 e. The van der Waals surface area contributed by atoms with Gasteiger partial charge in [0, 0.05) is 16.1 Å². The zero-order chi connectivity index (χ0) is 14.3. The smallest absolute Gasteiger partial charge is 0.156 e. The van der Waals surface area contributed by atoms with E-state index >= 15 is 0 Å². The molecule has 2 heterocycles. The Bertz CT molecular complexity index is 583. The highest BCUT2D eigenvalue weighted by Crippen LogP contribution is 2.42. The number of benzene rings is 1. The lowest BCUT2D eigenvalue weighted by Crippen LogP contribution is -2.27. The second kappa shape index (κ2) is 5.33. The van der Waals surface area contributed by atoms with Gasteiger partial charge in [0.15, 0.2) is 5.50 Å². The highest BCUT2D eigenvalue weighted by atomic mass is 35.5. The predicted molar refractivity (Wildman–Crippen MR) is 81.6 cm³/mol. The number of aliphatic hydroxyl groups excluding tert-OH is 2. The fourth-order valence-electron chi connectivity index (χ4n) is 2.31. The molecule has 1 aromatic carbocycles. The van der Waals surface area contributed by atoms with Gasteiger partial charge in [0.05, 0.1) is 24.1 Å². The van der Waals surface area contributed by atoms with Crippen LogP contribution < -0.4 is 5.32 Å². The first-order chi connectivity index (χ1) is 9.60. The average Bonchev–Trinajstić information content (AvgIpc) is 2.96. The Kier molecular flexibility index (Phi) is 3.69. The summed E-state index contributed by atoms with van der Waals surface area (Å²) in [5.41, 5.74) is 2.69. The lowest BCUT2D eigenvalue weighted by molar-refractivity contribution is 0.238. The Balaban J connectivity index is 1.96. The number of hydrogen-bond donors (Lipinski definition) is 3. The minimum Gasteiger partial charge on any atom is -0.390 e. The zero-order valence-corrected chi connectivity index (χ0v) is 12.4. The quantitative estimate of drug-likeness (QED) is 0.799. The molecule has 20 heavy (non-hydrogen) atoms. The van der Waals surface area contributed by atoms with Gasteiger partial charge in [0.1, 0.15) is 0 Å². The van der Waals surface area contributed by atoms with Crippen LogP contribution in [0, 0.1) is 0 Å². The summed E-state index contributed by atoms with van der Waals surface area (Å²) in [6.07, 6.45) is 1.40. The molecular weight excluding hydrogens is 296 g/mol. The largest absolute Gasteiger partial charge is 0.390 e. The summed E-state index contributed by atoms with van der Waals surface area (Å²) in [5.74, 6) is 0. The van der Waals surface area contributed by atoms with Gasteiger partial charge in [-0.2, -0.15) is 0 Å². The van der Waals surface area contributed by atoms with Crippen molar-refractivity contribution in [1.29, 1.82) is 0 Å². The van der Waals surface area contributed by atoms with Crippen LogP contribution in [0.25, 0.3) is 5.70 Å². The second-order valence-electron chi connectivity index (χ2n) is 4.72. The number of halogens is 1. The maximum atomic E-state index is 9.66. The zero-order valence-electron chi connectivity index (χ0n) is 10.9. The molecule has 0 bridgehead atoms. The van der Waals surface area contributed by atoms with Crippen LogP contribution in [-0.4, -0.2) is 33.3 Å². The molecule has 0 amide bonds. The minimum absolute atomic E-state index is 0.00701. The number of nitrogens with one attached hydrogen (secondary N) is 1. The summed E-state index contributed by atoms with van der Waals surface area (Å²) in [6.45, 7) is 1.68. The van der Waals surface area contributed by atoms with Crippen LogP contribution in [0.1, 0.15) is 12.5 Å². The van der Waals surface area contributed by atoms with E-state index in [1.54, 1.807) is 18.7 Å². The summed E-state index contributed by atoms with van der Waals surface area (Å²) >= 11 is 7.46. The van der Waals surface area contributed by atoms with Crippen LogP contribution in [0.15, 0.2) is 41.1 Å². The SMILES string of the molecule is CC(O)C1=CN2C(CO)=C(c3ccc(Cl)cc3)NC2S1. The molecule has 2 aliphatic rings. The molecule has 4 nitrogen and oxygen atoms in total. The van der Waals surface area contributed by atoms with Gasteiger partial charge in [-0.25, -0.2) is 0 Å². The monoisotopic (exact) mass is 310 g/mol. The van der Waals surface area contributed by atoms with Gasteiger partial charge < -0.3 is 20.4 Å². The molecule has 2 atom stereocenters. The summed E-state index contributed by atoms with van der Waals surface area (Å²) in [4.78, 5) is 2.86. The van der Waals surface area contributed by atoms with Crippen molar-refractivity contribution in [2.45, 2.75) is 18.5 Å². The summed E-state index contributed by atoms with van der Waals surface area (Å²) in [5, 5.41) is 23.4. The molecular formula is C14H15ClN2O2S. The van der Waals surface area contributed by atoms with Crippen molar-refractivity contribution in [1.82, 2.24) is 10.2 Å². The van der Waals surface area contributed by atoms with Gasteiger partial charge in [0.2, 0.25) is 0 Å². The average molecular weight is 311 g/mol. The van der Waals surface area contributed by atoms with Crippen LogP contribution >= 0.6 is 23.4 Å². The van der Waals surface area contributed by atoms with E-state index in [0.29, 0.717) is 5.02 Å². The molecule has 3 N–H and O–H groups in total. The van der Waals surface area contributed by atoms with E-state index in [9.17, 15) is 10.2 Å². The van der Waals surface area contributed by atoms with Crippen molar-refractivity contribution in [2.75, 3.05) is 6.61 Å². The third-order valence-corrected chi connectivity index (χ3v) is 4.87. The first-order valence-corrected chi connectivity index (χ1v) is 7.57. The molecule has 0 radical (unpaired) electrons. The molecule has 1 aromatic rings. The van der Waals surface area contributed by atoms with E-state index in [1.807, 2.05) is 35.4 Å². The summed E-state index contributed by atoms with van der Waals surface area (Å²) in [6, 6.07) is 7.50. The topological polar surface area (TPSA) is 55.7 Å². The molecule has 6 heteroatoms. The molecule has 0 fully saturated rings. The van der Waals surface area contributed by atoms with Crippen LogP contribution in [0.2, 0.25) is 5.02 Å². The standard InChI is InChI=1S/C14H15ClN2O2S/c1-8(19)12-6-17-11(7-18)13(16-14(17)20-12)9-2-4-10(15)5-3-9/h2-6,8,14,16,18-19H,7H2,1H3. The van der Waals surface area contributed by atoms with E-state index in [-0.39, 0.29) is 12.1 Å². The van der Waals surface area contributed by atoms with Crippen molar-refractivity contribution in [3.05, 3.63) is 51.7 Å². The van der Waals surface area contributed by atoms with Crippen LogP contribution in [-0.2, 0) is 0 Å². The highest BCUT2D eigenvalue weighted by molar-refractivity contribution is 8.03. The molecule has 0 aliphatic carbocycles. The van der Waals surface area contributed by atoms with E-state index < -0.39 is 6.10 Å². The lowest BCUT2D eigenvalue weighted by atomic mass is 10.1. The molecule has 2 aliphatic heterocycles. The number of aliphatic hydroxyl groups is 2. The molecule has 0 saturated heterocycles. The van der Waals surface area contributed by atoms with Crippen molar-refractivity contribution in [2.24, 2.45) is 0 Å². The van der Waals surface area contributed by atoms with Crippen molar-refractivity contribution >= 4 is 29.1 Å². The number of thioether (sulfide) groups is 1. The first kappa shape index (κ1) is 13.8. The number of hydrogen-bond acceptors (Lipinski definition) is 5. The molecule has 0 aromatic heterocycles. The van der Waals surface area contributed by atoms with Crippen LogP contribution in [0.3, 0.4) is 0 Å². The Morgan fingerprint density at radius 3 is 2.70 bits per heavy atom. The predicted octanol–water partition coefficient (Wildman–Crippen LogP) is 2.16. The normalized spacial score (nSPS) is 22.7. The van der Waals surface area contributed by atoms with Crippen LogP contribution in [0.5, 0.6) is 0 Å². The van der Waals surface area contributed by atoms with Gasteiger partial charge in [-0.15, -0.1) is 0 Å². The van der Waals surface area contributed by atoms with E-state index in [4.69, 9.17) is 11.6 Å². The third kappa shape index (κ3) is 2.31. The van der Waals surface area contributed by atoms with Gasteiger partial charge in [-0.3, -0.25) is 0 Å². The number of nitrogens with zero attached hydrogens (tertiary/aromatic N) is 1. The van der Waals surface area contributed by atoms with Gasteiger partial charge in [-0.1, -0.05) is 35.5 Å². The summed E-state index contributed by atoms with van der Waals surface area (Å²) in [7, 11) is 0. The van der Waals surface area contributed by atoms with Crippen LogP contribution in [0.4, 0.5) is 0 Å². The summed E-state index contributed by atoms with van der Waals surface area (Å²) < 4.78 is 0. The maximum absolute atomic E-state index is 9.66. The molecule has 0 saturated carbocycles. The van der Waals surface area contributed by atoms with E-state index in [0.717, 1.165) is 21.9 Å². The van der Waals surface area contributed by atoms with Gasteiger partial charge in [-0.05, 0) is 24.6 Å². The molecule has 2 unspecified atom stereocenters. The molecule has 106 valence electrons. The fourth-order valence-corrected chi connectivity index (χ4v) is 3.54. The Labute approximate surface area is 126 Å². The lowest BCUT2D eigenvalue weighted by Gasteiger charge is -2.16. The fraction of sp³-hybridized carbons (Fsp3) is 0.286. The van der Waals surface area contributed by atoms with Gasteiger partial charge in [0.25, 0.3) is 0 Å². The van der Waals surface area contributed by atoms with Gasteiger partial charge >= 0.3 is 0 Å². The Morgan fingerprint density at radius 2 is 2.10 bits per heavy atom. The van der Waals surface area contributed by atoms with E-state index in [2.05, 4.69) is 5.32 Å². The Hall–Kier alpha value is -1.14. The van der Waals surface area contributed by atoms with Crippen molar-refractivity contribution in [3.8, 4) is 0 Å². The third-order valence-electron chi connectivity index (χ3n) is 3.33. The Morgan fingerprint density at radius 1 is 1.40 bits per heavy atom. The van der Waals surface area contributed by atoms with Crippen molar-refractivity contribution in [3.63, 3.8) is 0 Å². The molecule has 0 spiro atoms.